The molecule has 2 amide bonds. The Morgan fingerprint density at radius 3 is 2.34 bits per heavy atom. The molecule has 4 aromatic rings. The first-order valence-electron chi connectivity index (χ1n) is 15.1. The number of amides is 2. The second-order valence-electron chi connectivity index (χ2n) is 12.6. The van der Waals surface area contributed by atoms with E-state index in [1.165, 1.54) is 34.7 Å². The summed E-state index contributed by atoms with van der Waals surface area (Å²) in [5.41, 5.74) is -0.631. The largest absolute Gasteiger partial charge is 0.416 e. The molecule has 0 aliphatic carbocycles. The second kappa shape index (κ2) is 12.9. The zero-order chi connectivity index (χ0) is 34.1. The Labute approximate surface area is 269 Å². The first-order chi connectivity index (χ1) is 22.2. The summed E-state index contributed by atoms with van der Waals surface area (Å²) in [4.78, 5) is 46.0. The lowest BCUT2D eigenvalue weighted by molar-refractivity contribution is -0.869. The number of benzene rings is 2. The highest BCUT2D eigenvalue weighted by molar-refractivity contribution is 6.00. The fraction of sp³-hybridized carbons (Fsp3) is 0.364. The van der Waals surface area contributed by atoms with E-state index in [4.69, 9.17) is 6.57 Å². The van der Waals surface area contributed by atoms with Crippen LogP contribution in [0.4, 0.5) is 18.9 Å². The van der Waals surface area contributed by atoms with Gasteiger partial charge in [-0.05, 0) is 49.2 Å². The molecule has 2 aromatic carbocycles. The molecule has 1 aliphatic heterocycles. The lowest BCUT2D eigenvalue weighted by atomic mass is 10.0. The summed E-state index contributed by atoms with van der Waals surface area (Å²) in [6.45, 7) is 8.83. The van der Waals surface area contributed by atoms with E-state index in [9.17, 15) is 27.6 Å². The number of piperidine rings is 1. The van der Waals surface area contributed by atoms with Gasteiger partial charge >= 0.3 is 6.18 Å². The number of hydrogen-bond donors (Lipinski definition) is 1. The average molecular weight is 650 g/mol. The van der Waals surface area contributed by atoms with Gasteiger partial charge in [-0.2, -0.15) is 18.3 Å². The number of aromatic nitrogens is 4. The number of hydrogen-bond acceptors (Lipinski definition) is 4. The number of nitrogens with zero attached hydrogens (tertiary/aromatic N) is 7. The summed E-state index contributed by atoms with van der Waals surface area (Å²) < 4.78 is 45.5. The predicted molar refractivity (Wildman–Crippen MR) is 169 cm³/mol. The Hall–Kier alpha value is -5.16. The Kier molecular flexibility index (Phi) is 9.13. The van der Waals surface area contributed by atoms with Crippen LogP contribution >= 0.6 is 0 Å². The summed E-state index contributed by atoms with van der Waals surface area (Å²) in [6.07, 6.45) is -1.78. The molecule has 246 valence electrons. The number of likely N-dealkylation sites (tertiary alicyclic amines) is 1. The first-order valence-corrected chi connectivity index (χ1v) is 15.1. The molecule has 0 radical (unpaired) electrons. The monoisotopic (exact) mass is 649 g/mol. The molecule has 11 nitrogen and oxygen atoms in total. The topological polar surface area (TPSA) is 98.5 Å². The smallest absolute Gasteiger partial charge is 0.349 e. The van der Waals surface area contributed by atoms with Gasteiger partial charge in [-0.1, -0.05) is 18.2 Å². The van der Waals surface area contributed by atoms with E-state index in [2.05, 4.69) is 15.3 Å². The van der Waals surface area contributed by atoms with Crippen molar-refractivity contribution < 1.29 is 27.2 Å². The van der Waals surface area contributed by atoms with E-state index >= 15 is 0 Å². The number of carbonyl (C=O) groups is 2. The standard InChI is InChI=1S/C33H35F3N8O3/c1-37-23-9-11-25(12-10-23)42-27(13-17-38-42)30-29(32(47)43(40(30)2)26-8-6-7-22(21-26)33(34,35)36)31(46)39-24-14-18-41(19-15-24)28(45)16-20-44(3,4)5/h6-13,17,21,24H,14-16,18-20H2,2-5H3/p+1. The molecule has 0 saturated carbocycles. The van der Waals surface area contributed by atoms with E-state index in [1.807, 2.05) is 21.1 Å². The van der Waals surface area contributed by atoms with Crippen molar-refractivity contribution in [1.29, 1.82) is 0 Å². The van der Waals surface area contributed by atoms with Crippen LogP contribution in [0.3, 0.4) is 0 Å². The minimum absolute atomic E-state index is 0.0508. The highest BCUT2D eigenvalue weighted by Gasteiger charge is 2.33. The maximum absolute atomic E-state index is 14.1. The first kappa shape index (κ1) is 33.2. The van der Waals surface area contributed by atoms with Crippen molar-refractivity contribution in [3.63, 3.8) is 0 Å². The molecule has 3 heterocycles. The zero-order valence-corrected chi connectivity index (χ0v) is 26.6. The molecule has 1 aliphatic rings. The van der Waals surface area contributed by atoms with E-state index in [1.54, 1.807) is 35.2 Å². The van der Waals surface area contributed by atoms with Crippen molar-refractivity contribution in [1.82, 2.24) is 29.4 Å². The van der Waals surface area contributed by atoms with Crippen molar-refractivity contribution in [3.05, 3.63) is 93.7 Å². The lowest BCUT2D eigenvalue weighted by Gasteiger charge is -2.33. The minimum Gasteiger partial charge on any atom is -0.349 e. The van der Waals surface area contributed by atoms with Crippen LogP contribution in [0.2, 0.25) is 0 Å². The molecule has 0 atom stereocenters. The molecule has 1 fully saturated rings. The Morgan fingerprint density at radius 2 is 1.72 bits per heavy atom. The third-order valence-corrected chi connectivity index (χ3v) is 8.20. The SMILES string of the molecule is [C-]#[N+]c1ccc(-n2nccc2-c2c(C(=O)NC3CCN(C(=O)CC[N+](C)(C)C)CC3)c(=O)n(-c3cccc(C(F)(F)F)c3)n2C)cc1. The summed E-state index contributed by atoms with van der Waals surface area (Å²) in [6, 6.07) is 12.2. The van der Waals surface area contributed by atoms with Crippen LogP contribution in [0, 0.1) is 6.57 Å². The Morgan fingerprint density at radius 1 is 1.04 bits per heavy atom. The third kappa shape index (κ3) is 7.15. The van der Waals surface area contributed by atoms with Crippen LogP contribution in [0.1, 0.15) is 35.2 Å². The maximum atomic E-state index is 14.1. The number of rotatable bonds is 8. The number of alkyl halides is 3. The zero-order valence-electron chi connectivity index (χ0n) is 26.6. The van der Waals surface area contributed by atoms with Gasteiger partial charge in [-0.15, -0.1) is 0 Å². The molecule has 14 heteroatoms. The van der Waals surface area contributed by atoms with Crippen molar-refractivity contribution in [2.24, 2.45) is 7.05 Å². The summed E-state index contributed by atoms with van der Waals surface area (Å²) in [7, 11) is 7.55. The molecular formula is C33H36F3N8O3+. The lowest BCUT2D eigenvalue weighted by Crippen LogP contribution is -2.48. The van der Waals surface area contributed by atoms with Crippen LogP contribution in [0.5, 0.6) is 0 Å². The van der Waals surface area contributed by atoms with Crippen molar-refractivity contribution in [2.75, 3.05) is 40.8 Å². The van der Waals surface area contributed by atoms with Gasteiger partial charge in [0.25, 0.3) is 11.5 Å². The maximum Gasteiger partial charge on any atom is 0.416 e. The van der Waals surface area contributed by atoms with Crippen LogP contribution in [-0.2, 0) is 18.0 Å². The highest BCUT2D eigenvalue weighted by Crippen LogP contribution is 2.31. The van der Waals surface area contributed by atoms with Gasteiger partial charge in [-0.3, -0.25) is 19.1 Å². The van der Waals surface area contributed by atoms with E-state index < -0.39 is 23.2 Å². The molecule has 2 aromatic heterocycles. The summed E-state index contributed by atoms with van der Waals surface area (Å²) in [5.74, 6) is -0.632. The van der Waals surface area contributed by atoms with Crippen molar-refractivity contribution >= 4 is 17.5 Å². The van der Waals surface area contributed by atoms with Gasteiger partial charge < -0.3 is 14.7 Å². The molecule has 1 N–H and O–H groups in total. The van der Waals surface area contributed by atoms with Gasteiger partial charge in [0.15, 0.2) is 5.69 Å². The van der Waals surface area contributed by atoms with Crippen LogP contribution in [0.15, 0.2) is 65.6 Å². The van der Waals surface area contributed by atoms with Crippen LogP contribution < -0.4 is 10.9 Å². The fourth-order valence-electron chi connectivity index (χ4n) is 5.68. The molecule has 0 unspecified atom stereocenters. The fourth-order valence-corrected chi connectivity index (χ4v) is 5.68. The van der Waals surface area contributed by atoms with Gasteiger partial charge in [0.2, 0.25) is 5.91 Å². The Balaban J connectivity index is 1.51. The minimum atomic E-state index is -4.65. The van der Waals surface area contributed by atoms with Gasteiger partial charge in [0, 0.05) is 26.2 Å². The molecule has 0 bridgehead atoms. The van der Waals surface area contributed by atoms with Gasteiger partial charge in [0.05, 0.1) is 69.5 Å². The molecule has 1 saturated heterocycles. The normalized spacial score (nSPS) is 14.2. The van der Waals surface area contributed by atoms with E-state index in [-0.39, 0.29) is 28.9 Å². The second-order valence-corrected chi connectivity index (χ2v) is 12.6. The van der Waals surface area contributed by atoms with Crippen molar-refractivity contribution in [2.45, 2.75) is 31.5 Å². The molecule has 5 rings (SSSR count). The van der Waals surface area contributed by atoms with Crippen LogP contribution in [0.25, 0.3) is 27.6 Å². The number of halogens is 3. The number of carbonyl (C=O) groups excluding carboxylic acids is 2. The van der Waals surface area contributed by atoms with Gasteiger partial charge in [-0.25, -0.2) is 14.2 Å². The van der Waals surface area contributed by atoms with Gasteiger partial charge in [0.1, 0.15) is 11.3 Å². The number of quaternary nitrogens is 1. The average Bonchev–Trinajstić information content (AvgIpc) is 3.61. The van der Waals surface area contributed by atoms with Crippen LogP contribution in [-0.4, -0.2) is 87.2 Å². The molecule has 0 spiro atoms. The van der Waals surface area contributed by atoms with E-state index in [0.717, 1.165) is 16.8 Å². The van der Waals surface area contributed by atoms with E-state index in [0.29, 0.717) is 60.4 Å². The summed E-state index contributed by atoms with van der Waals surface area (Å²) >= 11 is 0. The molecule has 47 heavy (non-hydrogen) atoms. The number of nitrogens with one attached hydrogen (secondary N) is 1. The highest BCUT2D eigenvalue weighted by atomic mass is 19.4. The predicted octanol–water partition coefficient (Wildman–Crippen LogP) is 4.42. The quantitative estimate of drug-likeness (QED) is 0.226. The molecular weight excluding hydrogens is 613 g/mol. The Bertz CT molecular complexity index is 1880. The summed E-state index contributed by atoms with van der Waals surface area (Å²) in [5, 5.41) is 7.33. The van der Waals surface area contributed by atoms with Crippen molar-refractivity contribution in [3.8, 4) is 22.8 Å². The third-order valence-electron chi connectivity index (χ3n) is 8.20.